The van der Waals surface area contributed by atoms with E-state index in [1.165, 1.54) is 23.5 Å². The molecular weight excluding hydrogens is 513 g/mol. The number of morpholine rings is 1. The van der Waals surface area contributed by atoms with Crippen molar-refractivity contribution in [2.75, 3.05) is 43.1 Å². The van der Waals surface area contributed by atoms with Gasteiger partial charge in [-0.05, 0) is 30.7 Å². The summed E-state index contributed by atoms with van der Waals surface area (Å²) in [6, 6.07) is 5.30. The molecule has 5 N–H and O–H groups in total. The molecule has 13 heteroatoms. The number of ether oxygens (including phenoxy) is 1. The van der Waals surface area contributed by atoms with Crippen LogP contribution in [0.4, 0.5) is 16.2 Å². The van der Waals surface area contributed by atoms with Crippen molar-refractivity contribution in [2.24, 2.45) is 5.92 Å². The Bertz CT molecular complexity index is 1240. The van der Waals surface area contributed by atoms with E-state index in [1.807, 2.05) is 4.90 Å². The summed E-state index contributed by atoms with van der Waals surface area (Å²) in [7, 11) is 0. The third kappa shape index (κ3) is 5.24. The first-order valence-corrected chi connectivity index (χ1v) is 12.2. The largest absolute Gasteiger partial charge is 0.396 e. The minimum absolute atomic E-state index is 0. The molecule has 1 aliphatic carbocycles. The van der Waals surface area contributed by atoms with Gasteiger partial charge in [0.2, 0.25) is 5.95 Å². The fourth-order valence-electron chi connectivity index (χ4n) is 4.46. The number of H-pyrrole nitrogens is 1. The van der Waals surface area contributed by atoms with Crippen molar-refractivity contribution in [1.82, 2.24) is 15.0 Å². The Morgan fingerprint density at radius 1 is 1.17 bits per heavy atom. The van der Waals surface area contributed by atoms with E-state index in [9.17, 15) is 24.5 Å². The van der Waals surface area contributed by atoms with Crippen LogP contribution in [0, 0.1) is 11.7 Å². The van der Waals surface area contributed by atoms with E-state index in [2.05, 4.69) is 20.3 Å². The molecule has 36 heavy (non-hydrogen) atoms. The average Bonchev–Trinajstić information content (AvgIpc) is 3.45. The number of halogens is 2. The lowest BCUT2D eigenvalue weighted by Crippen LogP contribution is -2.39. The average molecular weight is 540 g/mol. The fourth-order valence-corrected chi connectivity index (χ4v) is 5.33. The van der Waals surface area contributed by atoms with Crippen LogP contribution >= 0.6 is 23.7 Å². The first-order valence-electron chi connectivity index (χ1n) is 11.4. The molecule has 0 radical (unpaired) electrons. The summed E-state index contributed by atoms with van der Waals surface area (Å²) in [5.74, 6) is -0.248. The molecule has 1 saturated carbocycles. The summed E-state index contributed by atoms with van der Waals surface area (Å²) in [6.45, 7) is 1.87. The monoisotopic (exact) mass is 539 g/mol. The molecule has 194 valence electrons. The SMILES string of the molecule is Cl.O=c1[nH]c(N2CCOCC2)nc(N[C@@H]2C[C@H](CO)[C@@H](O)[C@H]2O)c1-c1nc(-c2ccc(F)cc2)cs1. The Balaban J connectivity index is 0.00000304. The zero-order valence-corrected chi connectivity index (χ0v) is 20.8. The number of aliphatic hydroxyl groups is 3. The smallest absolute Gasteiger partial charge is 0.264 e. The van der Waals surface area contributed by atoms with Crippen molar-refractivity contribution in [1.29, 1.82) is 0 Å². The molecule has 2 aliphatic rings. The van der Waals surface area contributed by atoms with Crippen LogP contribution in [0.25, 0.3) is 21.8 Å². The molecule has 5 rings (SSSR count). The fraction of sp³-hybridized carbons (Fsp3) is 0.435. The summed E-state index contributed by atoms with van der Waals surface area (Å²) >= 11 is 1.25. The lowest BCUT2D eigenvalue weighted by molar-refractivity contribution is 0.00446. The number of anilines is 2. The highest BCUT2D eigenvalue weighted by atomic mass is 35.5. The van der Waals surface area contributed by atoms with Crippen molar-refractivity contribution in [2.45, 2.75) is 24.7 Å². The molecule has 1 aliphatic heterocycles. The second-order valence-electron chi connectivity index (χ2n) is 8.67. The van der Waals surface area contributed by atoms with Gasteiger partial charge in [-0.1, -0.05) is 0 Å². The Morgan fingerprint density at radius 2 is 1.89 bits per heavy atom. The summed E-state index contributed by atoms with van der Waals surface area (Å²) in [6.07, 6.45) is -1.93. The van der Waals surface area contributed by atoms with Crippen LogP contribution in [0.3, 0.4) is 0 Å². The summed E-state index contributed by atoms with van der Waals surface area (Å²) in [5.41, 5.74) is 1.09. The quantitative estimate of drug-likeness (QED) is 0.314. The van der Waals surface area contributed by atoms with Crippen LogP contribution in [0.5, 0.6) is 0 Å². The van der Waals surface area contributed by atoms with Gasteiger partial charge in [0.1, 0.15) is 28.3 Å². The Morgan fingerprint density at radius 3 is 2.56 bits per heavy atom. The van der Waals surface area contributed by atoms with Crippen LogP contribution in [0.15, 0.2) is 34.4 Å². The molecule has 10 nitrogen and oxygen atoms in total. The van der Waals surface area contributed by atoms with Crippen molar-refractivity contribution in [3.05, 3.63) is 45.8 Å². The third-order valence-electron chi connectivity index (χ3n) is 6.43. The molecule has 0 unspecified atom stereocenters. The standard InChI is InChI=1S/C23H26FN5O5S.ClH/c24-14-3-1-12(2-4-14)16-11-35-22(26-16)17-20(25-15-9-13(10-30)18(31)19(15)32)27-23(28-21(17)33)29-5-7-34-8-6-29;/h1-4,11,13,15,18-19,30-32H,5-10H2,(H2,25,27,28,33);1H/t13-,15-,18-,19+;/m1./s1. The van der Waals surface area contributed by atoms with Crippen molar-refractivity contribution in [3.8, 4) is 21.8 Å². The van der Waals surface area contributed by atoms with Gasteiger partial charge in [0.15, 0.2) is 0 Å². The van der Waals surface area contributed by atoms with Gasteiger partial charge in [-0.3, -0.25) is 9.78 Å². The van der Waals surface area contributed by atoms with E-state index >= 15 is 0 Å². The number of aliphatic hydroxyl groups excluding tert-OH is 3. The highest BCUT2D eigenvalue weighted by molar-refractivity contribution is 7.13. The molecule has 2 aromatic heterocycles. The van der Waals surface area contributed by atoms with Gasteiger partial charge in [0.05, 0.1) is 31.1 Å². The maximum atomic E-state index is 13.3. The summed E-state index contributed by atoms with van der Waals surface area (Å²) < 4.78 is 18.7. The number of rotatable bonds is 6. The van der Waals surface area contributed by atoms with Crippen molar-refractivity contribution < 1.29 is 24.4 Å². The number of benzene rings is 1. The predicted octanol–water partition coefficient (Wildman–Crippen LogP) is 1.47. The second kappa shape index (κ2) is 11.2. The van der Waals surface area contributed by atoms with E-state index in [-0.39, 0.29) is 36.2 Å². The number of aromatic amines is 1. The highest BCUT2D eigenvalue weighted by Gasteiger charge is 2.41. The van der Waals surface area contributed by atoms with Gasteiger partial charge in [-0.25, -0.2) is 9.37 Å². The number of nitrogens with zero attached hydrogens (tertiary/aromatic N) is 3. The van der Waals surface area contributed by atoms with Crippen molar-refractivity contribution >= 4 is 35.5 Å². The number of hydrogen-bond acceptors (Lipinski definition) is 10. The Kier molecular flexibility index (Phi) is 8.23. The molecule has 4 atom stereocenters. The van der Waals surface area contributed by atoms with Crippen LogP contribution in [-0.4, -0.2) is 81.4 Å². The van der Waals surface area contributed by atoms with E-state index in [0.29, 0.717) is 54.9 Å². The molecule has 3 heterocycles. The highest BCUT2D eigenvalue weighted by Crippen LogP contribution is 2.34. The minimum Gasteiger partial charge on any atom is -0.396 e. The molecule has 3 aromatic rings. The van der Waals surface area contributed by atoms with E-state index < -0.39 is 29.7 Å². The van der Waals surface area contributed by atoms with E-state index in [1.54, 1.807) is 17.5 Å². The molecule has 0 bridgehead atoms. The summed E-state index contributed by atoms with van der Waals surface area (Å²) in [4.78, 5) is 27.3. The third-order valence-corrected chi connectivity index (χ3v) is 7.29. The number of aromatic nitrogens is 3. The molecule has 1 aromatic carbocycles. The Hall–Kier alpha value is -2.61. The predicted molar refractivity (Wildman–Crippen MR) is 136 cm³/mol. The second-order valence-corrected chi connectivity index (χ2v) is 9.53. The molecule has 2 fully saturated rings. The van der Waals surface area contributed by atoms with Gasteiger partial charge < -0.3 is 30.3 Å². The topological polar surface area (TPSA) is 144 Å². The van der Waals surface area contributed by atoms with Gasteiger partial charge in [0, 0.05) is 36.6 Å². The van der Waals surface area contributed by atoms with Crippen LogP contribution in [0.1, 0.15) is 6.42 Å². The number of nitrogens with one attached hydrogen (secondary N) is 2. The lowest BCUT2D eigenvalue weighted by atomic mass is 10.1. The van der Waals surface area contributed by atoms with Crippen LogP contribution in [0.2, 0.25) is 0 Å². The van der Waals surface area contributed by atoms with Crippen LogP contribution in [-0.2, 0) is 4.74 Å². The maximum absolute atomic E-state index is 13.3. The zero-order valence-electron chi connectivity index (χ0n) is 19.1. The van der Waals surface area contributed by atoms with Gasteiger partial charge in [-0.2, -0.15) is 4.98 Å². The van der Waals surface area contributed by atoms with E-state index in [4.69, 9.17) is 4.74 Å². The zero-order chi connectivity index (χ0) is 24.5. The van der Waals surface area contributed by atoms with Gasteiger partial charge >= 0.3 is 0 Å². The van der Waals surface area contributed by atoms with E-state index in [0.717, 1.165) is 0 Å². The van der Waals surface area contributed by atoms with Crippen LogP contribution < -0.4 is 15.8 Å². The summed E-state index contributed by atoms with van der Waals surface area (Å²) in [5, 5.41) is 35.6. The Labute approximate surface area is 216 Å². The van der Waals surface area contributed by atoms with Crippen molar-refractivity contribution in [3.63, 3.8) is 0 Å². The maximum Gasteiger partial charge on any atom is 0.264 e. The molecular formula is C23H27ClFN5O5S. The molecule has 0 amide bonds. The van der Waals surface area contributed by atoms with Gasteiger partial charge in [0.25, 0.3) is 5.56 Å². The minimum atomic E-state index is -1.14. The number of hydrogen-bond donors (Lipinski definition) is 5. The first kappa shape index (κ1) is 26.5. The van der Waals surface area contributed by atoms with Gasteiger partial charge in [-0.15, -0.1) is 23.7 Å². The molecule has 1 saturated heterocycles. The normalized spacial score (nSPS) is 23.9. The molecule has 0 spiro atoms. The number of thiazole rings is 1. The first-order chi connectivity index (χ1) is 16.9. The lowest BCUT2D eigenvalue weighted by Gasteiger charge is -2.28.